The van der Waals surface area contributed by atoms with E-state index in [1.165, 1.54) is 55.8 Å². The average molecular weight is 1110 g/mol. The first-order chi connectivity index (χ1) is 35.3. The summed E-state index contributed by atoms with van der Waals surface area (Å²) in [5.74, 6) is 2.12. The van der Waals surface area contributed by atoms with Gasteiger partial charge in [0.2, 0.25) is 0 Å². The zero-order valence-electron chi connectivity index (χ0n) is 39.9. The molecule has 0 saturated carbocycles. The van der Waals surface area contributed by atoms with Crippen LogP contribution in [0, 0.1) is 3.80 Å². The van der Waals surface area contributed by atoms with Crippen molar-refractivity contribution in [2.45, 2.75) is 26.2 Å². The van der Waals surface area contributed by atoms with Gasteiger partial charge in [0, 0.05) is 11.3 Å². The first-order valence-electron chi connectivity index (χ1n) is 24.6. The van der Waals surface area contributed by atoms with E-state index in [9.17, 15) is 0 Å². The maximum atomic E-state index is 6.86. The molecule has 5 heterocycles. The van der Waals surface area contributed by atoms with Gasteiger partial charge in [-0.2, -0.15) is 0 Å². The third-order valence-corrected chi connectivity index (χ3v) is 15.7. The predicted octanol–water partition coefficient (Wildman–Crippen LogP) is 15.6. The van der Waals surface area contributed by atoms with Crippen molar-refractivity contribution in [1.82, 2.24) is 14.1 Å². The summed E-state index contributed by atoms with van der Waals surface area (Å²) in [7, 11) is 0. The molecule has 0 amide bonds. The molecule has 9 aromatic carbocycles. The second-order valence-electron chi connectivity index (χ2n) is 19.9. The second kappa shape index (κ2) is 16.4. The third-order valence-electron chi connectivity index (χ3n) is 14.6. The van der Waals surface area contributed by atoms with Crippen LogP contribution in [0.1, 0.15) is 26.3 Å². The quantitative estimate of drug-likeness (QED) is 0.149. The van der Waals surface area contributed by atoms with Crippen LogP contribution < -0.4 is 19.8 Å². The predicted molar refractivity (Wildman–Crippen MR) is 292 cm³/mol. The topological polar surface area (TPSA) is 38.5 Å². The molecule has 3 aliphatic rings. The molecule has 3 aliphatic heterocycles. The number of aromatic nitrogens is 3. The number of anilines is 4. The van der Waals surface area contributed by atoms with Crippen LogP contribution in [0.4, 0.5) is 22.9 Å². The molecule has 0 atom stereocenters. The van der Waals surface area contributed by atoms with Gasteiger partial charge >= 0.3 is 361 Å². The molecule has 0 fully saturated rings. The van der Waals surface area contributed by atoms with Crippen molar-refractivity contribution in [1.29, 1.82) is 0 Å². The van der Waals surface area contributed by atoms with E-state index in [1.807, 2.05) is 12.1 Å². The van der Waals surface area contributed by atoms with Crippen molar-refractivity contribution >= 4 is 46.4 Å². The van der Waals surface area contributed by atoms with Crippen LogP contribution in [0.5, 0.6) is 11.6 Å². The van der Waals surface area contributed by atoms with Crippen LogP contribution in [0.2, 0.25) is 0 Å². The van der Waals surface area contributed by atoms with E-state index in [0.29, 0.717) is 11.6 Å². The summed E-state index contributed by atoms with van der Waals surface area (Å²) in [5, 5.41) is 0. The minimum absolute atomic E-state index is 0.0705. The van der Waals surface area contributed by atoms with Crippen molar-refractivity contribution in [3.8, 4) is 78.6 Å². The molecule has 0 N–H and O–H groups in total. The Morgan fingerprint density at radius 1 is 0.444 bits per heavy atom. The van der Waals surface area contributed by atoms with Crippen molar-refractivity contribution in [2.75, 3.05) is 9.62 Å². The number of ether oxygens (including phenoxy) is 1. The maximum absolute atomic E-state index is 6.86. The van der Waals surface area contributed by atoms with E-state index in [-0.39, 0.29) is 12.4 Å². The Balaban J connectivity index is 0.906. The SMILES string of the molecule is CC(C)(C)c1cc(-c2ccccc2)cc(-c2cccc(-c3ccccc3)c2-n2[c](=[Pt])n(-c3cccc(Oc4ccc5c(n4)N4B6c7c(cccc7-5)-c5ccccc5N6c5ccccc54)c3)c3ccccc32)c1. The van der Waals surface area contributed by atoms with E-state index in [1.54, 1.807) is 0 Å². The molecule has 11 aromatic rings. The van der Waals surface area contributed by atoms with E-state index >= 15 is 0 Å². The molecular weight excluding hydrogens is 1060 g/mol. The average Bonchev–Trinajstić information content (AvgIpc) is 3.93. The fourth-order valence-corrected chi connectivity index (χ4v) is 12.5. The Bertz CT molecular complexity index is 4060. The van der Waals surface area contributed by atoms with Gasteiger partial charge < -0.3 is 0 Å². The number of benzene rings is 9. The normalized spacial score (nSPS) is 12.9. The number of para-hydroxylation sites is 6. The van der Waals surface area contributed by atoms with Crippen LogP contribution in [-0.2, 0) is 24.8 Å². The van der Waals surface area contributed by atoms with Gasteiger partial charge in [0.25, 0.3) is 0 Å². The van der Waals surface area contributed by atoms with E-state index in [4.69, 9.17) is 9.72 Å². The molecule has 0 spiro atoms. The number of fused-ring (bicyclic) bond motifs is 10. The Morgan fingerprint density at radius 2 is 1.01 bits per heavy atom. The molecule has 6 nitrogen and oxygen atoms in total. The molecule has 2 aromatic heterocycles. The fourth-order valence-electron chi connectivity index (χ4n) is 11.4. The first-order valence-corrected chi connectivity index (χ1v) is 25.7. The Kier molecular flexibility index (Phi) is 9.71. The van der Waals surface area contributed by atoms with Gasteiger partial charge in [-0.1, -0.05) is 42.5 Å². The van der Waals surface area contributed by atoms with Crippen LogP contribution >= 0.6 is 0 Å². The van der Waals surface area contributed by atoms with E-state index < -0.39 is 0 Å². The Hall–Kier alpha value is -8.25. The summed E-state index contributed by atoms with van der Waals surface area (Å²) in [6, 6.07) is 80.9. The fraction of sp³-hybridized carbons (Fsp3) is 0.0625. The molecule has 0 aliphatic carbocycles. The van der Waals surface area contributed by atoms with Crippen LogP contribution in [0.25, 0.3) is 78.0 Å². The van der Waals surface area contributed by atoms with Gasteiger partial charge in [-0.3, -0.25) is 0 Å². The van der Waals surface area contributed by atoms with Crippen LogP contribution in [0.3, 0.4) is 0 Å². The van der Waals surface area contributed by atoms with Crippen molar-refractivity contribution in [3.05, 3.63) is 234 Å². The molecule has 0 unspecified atom stereocenters. The summed E-state index contributed by atoms with van der Waals surface area (Å²) < 4.78 is 12.7. The first kappa shape index (κ1) is 42.6. The number of hydrogen-bond donors (Lipinski definition) is 0. The second-order valence-corrected chi connectivity index (χ2v) is 20.9. The number of hydrogen-bond acceptors (Lipinski definition) is 4. The molecule has 0 bridgehead atoms. The van der Waals surface area contributed by atoms with E-state index in [2.05, 4.69) is 271 Å². The Morgan fingerprint density at radius 3 is 1.75 bits per heavy atom. The standard InChI is InChI=1S/C64H46BN5O.Pt/c1-64(2,3)46-38-44(42-19-6-4-7-20-42)37-45(39-46)50-27-17-26-49(43-21-8-5-9-22-43)62(50)68-41-67(56-31-12-13-32-57(56)68)47-23-16-24-48(40-47)71-60-36-35-54-53-29-18-28-52-51-25-10-11-30-55(51)69-58-33-14-15-34-59(58)70(63(54)66-60)65(69)61(52)53;/h4-40H,1-3H3;. The van der Waals surface area contributed by atoms with Gasteiger partial charge in [-0.15, -0.1) is 0 Å². The van der Waals surface area contributed by atoms with E-state index in [0.717, 1.165) is 60.0 Å². The molecule has 346 valence electrons. The number of pyridine rings is 1. The van der Waals surface area contributed by atoms with Gasteiger partial charge in [-0.25, -0.2) is 0 Å². The minimum atomic E-state index is -0.0746. The summed E-state index contributed by atoms with van der Waals surface area (Å²) >= 11 is 2.53. The molecule has 72 heavy (non-hydrogen) atoms. The van der Waals surface area contributed by atoms with Crippen molar-refractivity contribution in [3.63, 3.8) is 0 Å². The number of imidazole rings is 1. The number of nitrogens with zero attached hydrogens (tertiary/aromatic N) is 5. The zero-order chi connectivity index (χ0) is 48.2. The van der Waals surface area contributed by atoms with Crippen LogP contribution in [0.15, 0.2) is 224 Å². The Labute approximate surface area is 430 Å². The summed E-state index contributed by atoms with van der Waals surface area (Å²) in [6.45, 7) is 6.83. The summed E-state index contributed by atoms with van der Waals surface area (Å²) in [5.41, 5.74) is 22.1. The molecule has 0 saturated heterocycles. The van der Waals surface area contributed by atoms with Crippen molar-refractivity contribution in [2.24, 2.45) is 0 Å². The van der Waals surface area contributed by atoms with Crippen LogP contribution in [-0.4, -0.2) is 21.1 Å². The molecule has 0 radical (unpaired) electrons. The van der Waals surface area contributed by atoms with Crippen molar-refractivity contribution < 1.29 is 24.1 Å². The van der Waals surface area contributed by atoms with Gasteiger partial charge in [0.05, 0.1) is 0 Å². The molecular formula is C64H46BN5OPt. The van der Waals surface area contributed by atoms with Gasteiger partial charge in [0.15, 0.2) is 0 Å². The third kappa shape index (κ3) is 6.61. The van der Waals surface area contributed by atoms with Gasteiger partial charge in [0.1, 0.15) is 0 Å². The zero-order valence-corrected chi connectivity index (χ0v) is 42.2. The monoisotopic (exact) mass is 1110 g/mol. The molecule has 14 rings (SSSR count). The summed E-state index contributed by atoms with van der Waals surface area (Å²) in [6.07, 6.45) is 0. The molecule has 8 heteroatoms. The summed E-state index contributed by atoms with van der Waals surface area (Å²) in [4.78, 5) is 10.3. The number of rotatable bonds is 7. The van der Waals surface area contributed by atoms with Gasteiger partial charge in [-0.05, 0) is 17.7 Å².